The molecule has 2 aromatic rings. The summed E-state index contributed by atoms with van der Waals surface area (Å²) < 4.78 is 21.8. The molecule has 0 radical (unpaired) electrons. The van der Waals surface area contributed by atoms with Gasteiger partial charge in [-0.15, -0.1) is 0 Å². The average Bonchev–Trinajstić information content (AvgIpc) is 2.85. The van der Waals surface area contributed by atoms with E-state index in [0.717, 1.165) is 41.5 Å². The molecular weight excluding hydrogens is 344 g/mol. The lowest BCUT2D eigenvalue weighted by molar-refractivity contribution is 0.324. The lowest BCUT2D eigenvalue weighted by atomic mass is 9.90. The molecule has 0 amide bonds. The summed E-state index contributed by atoms with van der Waals surface area (Å²) in [6, 6.07) is 7.74. The van der Waals surface area contributed by atoms with Gasteiger partial charge in [-0.1, -0.05) is 11.6 Å². The summed E-state index contributed by atoms with van der Waals surface area (Å²) in [4.78, 5) is 0. The zero-order valence-electron chi connectivity index (χ0n) is 16.5. The number of hydrogen-bond donors (Lipinski definition) is 1. The molecule has 3 rings (SSSR count). The number of aromatic hydroxyl groups is 1. The van der Waals surface area contributed by atoms with Gasteiger partial charge < -0.3 is 24.1 Å². The Labute approximate surface area is 160 Å². The van der Waals surface area contributed by atoms with E-state index in [4.69, 9.17) is 18.9 Å². The van der Waals surface area contributed by atoms with E-state index in [1.807, 2.05) is 24.3 Å². The number of rotatable bonds is 5. The van der Waals surface area contributed by atoms with E-state index < -0.39 is 0 Å². The Morgan fingerprint density at radius 3 is 2.00 bits per heavy atom. The van der Waals surface area contributed by atoms with Crippen LogP contribution in [0, 0.1) is 0 Å². The Bertz CT molecular complexity index is 858. The van der Waals surface area contributed by atoms with Crippen LogP contribution in [-0.2, 0) is 6.42 Å². The van der Waals surface area contributed by atoms with Gasteiger partial charge >= 0.3 is 0 Å². The number of ether oxygens (including phenoxy) is 4. The fraction of sp³-hybridized carbons (Fsp3) is 0.364. The highest BCUT2D eigenvalue weighted by Gasteiger charge is 2.23. The van der Waals surface area contributed by atoms with E-state index in [9.17, 15) is 5.11 Å². The molecule has 1 aliphatic carbocycles. The Balaban J connectivity index is 2.27. The van der Waals surface area contributed by atoms with Gasteiger partial charge in [0.05, 0.1) is 28.4 Å². The van der Waals surface area contributed by atoms with Gasteiger partial charge in [0.2, 0.25) is 5.75 Å². The molecule has 1 aliphatic rings. The Kier molecular flexibility index (Phi) is 5.49. The highest BCUT2D eigenvalue weighted by atomic mass is 16.5. The molecule has 0 unspecified atom stereocenters. The van der Waals surface area contributed by atoms with Crippen molar-refractivity contribution in [3.05, 3.63) is 46.5 Å². The topological polar surface area (TPSA) is 57.2 Å². The molecule has 5 nitrogen and oxygen atoms in total. The van der Waals surface area contributed by atoms with E-state index >= 15 is 0 Å². The Morgan fingerprint density at radius 2 is 1.44 bits per heavy atom. The third-order valence-electron chi connectivity index (χ3n) is 5.09. The van der Waals surface area contributed by atoms with Crippen molar-refractivity contribution in [1.82, 2.24) is 0 Å². The van der Waals surface area contributed by atoms with E-state index in [1.165, 1.54) is 5.57 Å². The largest absolute Gasteiger partial charge is 0.504 e. The molecule has 27 heavy (non-hydrogen) atoms. The van der Waals surface area contributed by atoms with E-state index in [0.29, 0.717) is 23.0 Å². The molecule has 1 N–H and O–H groups in total. The average molecular weight is 370 g/mol. The normalized spacial score (nSPS) is 13.7. The van der Waals surface area contributed by atoms with Gasteiger partial charge in [0.25, 0.3) is 0 Å². The summed E-state index contributed by atoms with van der Waals surface area (Å²) in [5.74, 6) is 2.49. The van der Waals surface area contributed by atoms with Crippen LogP contribution in [0.4, 0.5) is 0 Å². The minimum Gasteiger partial charge on any atom is -0.504 e. The van der Waals surface area contributed by atoms with E-state index in [-0.39, 0.29) is 5.75 Å². The number of phenols is 1. The molecule has 0 atom stereocenters. The zero-order valence-corrected chi connectivity index (χ0v) is 16.5. The first-order valence-electron chi connectivity index (χ1n) is 8.95. The van der Waals surface area contributed by atoms with Crippen LogP contribution in [0.3, 0.4) is 0 Å². The lowest BCUT2D eigenvalue weighted by Crippen LogP contribution is -2.00. The maximum Gasteiger partial charge on any atom is 0.203 e. The monoisotopic (exact) mass is 370 g/mol. The van der Waals surface area contributed by atoms with E-state index in [2.05, 4.69) is 6.92 Å². The molecule has 0 saturated heterocycles. The maximum absolute atomic E-state index is 10.7. The third kappa shape index (κ3) is 3.29. The standard InChI is InChI=1S/C22H26O5/c1-13-7-6-8-16-15(9-10-17(24-2)21(16)23)20(13)14-11-18(25-3)22(27-5)19(12-14)26-4/h9-12,23H,6-8H2,1-5H3. The van der Waals surface area contributed by atoms with Crippen molar-refractivity contribution in [2.75, 3.05) is 28.4 Å². The lowest BCUT2D eigenvalue weighted by Gasteiger charge is -2.19. The molecule has 0 heterocycles. The highest BCUT2D eigenvalue weighted by molar-refractivity contribution is 5.87. The van der Waals surface area contributed by atoms with Crippen molar-refractivity contribution < 1.29 is 24.1 Å². The van der Waals surface area contributed by atoms with Crippen molar-refractivity contribution in [2.24, 2.45) is 0 Å². The molecule has 0 aromatic heterocycles. The SMILES string of the molecule is COc1ccc2c(c1O)CCCC(C)=C2c1cc(OC)c(OC)c(OC)c1. The minimum atomic E-state index is 0.217. The van der Waals surface area contributed by atoms with Gasteiger partial charge in [-0.25, -0.2) is 0 Å². The predicted octanol–water partition coefficient (Wildman–Crippen LogP) is 4.58. The second kappa shape index (κ2) is 7.82. The molecule has 0 saturated carbocycles. The van der Waals surface area contributed by atoms with Crippen LogP contribution < -0.4 is 18.9 Å². The summed E-state index contributed by atoms with van der Waals surface area (Å²) >= 11 is 0. The molecule has 2 aromatic carbocycles. The van der Waals surface area contributed by atoms with Crippen molar-refractivity contribution in [3.8, 4) is 28.7 Å². The first-order chi connectivity index (χ1) is 13.0. The maximum atomic E-state index is 10.7. The van der Waals surface area contributed by atoms with Gasteiger partial charge in [-0.05, 0) is 61.1 Å². The van der Waals surface area contributed by atoms with Crippen molar-refractivity contribution in [3.63, 3.8) is 0 Å². The molecule has 0 spiro atoms. The number of fused-ring (bicyclic) bond motifs is 1. The number of benzene rings is 2. The van der Waals surface area contributed by atoms with Crippen LogP contribution >= 0.6 is 0 Å². The molecule has 0 bridgehead atoms. The van der Waals surface area contributed by atoms with Gasteiger partial charge in [-0.2, -0.15) is 0 Å². The van der Waals surface area contributed by atoms with Crippen molar-refractivity contribution in [2.45, 2.75) is 26.2 Å². The molecule has 0 fully saturated rings. The molecule has 0 aliphatic heterocycles. The van der Waals surface area contributed by atoms with Crippen LogP contribution in [0.15, 0.2) is 29.8 Å². The van der Waals surface area contributed by atoms with Gasteiger partial charge in [-0.3, -0.25) is 0 Å². The zero-order chi connectivity index (χ0) is 19.6. The van der Waals surface area contributed by atoms with Crippen molar-refractivity contribution >= 4 is 5.57 Å². The Hall–Kier alpha value is -2.82. The summed E-state index contributed by atoms with van der Waals surface area (Å²) in [6.45, 7) is 2.13. The molecule has 5 heteroatoms. The van der Waals surface area contributed by atoms with Gasteiger partial charge in [0, 0.05) is 5.56 Å². The van der Waals surface area contributed by atoms with Gasteiger partial charge in [0.15, 0.2) is 23.0 Å². The number of allylic oxidation sites excluding steroid dienone is 1. The minimum absolute atomic E-state index is 0.217. The van der Waals surface area contributed by atoms with Crippen LogP contribution in [0.1, 0.15) is 36.5 Å². The van der Waals surface area contributed by atoms with Crippen LogP contribution in [0.25, 0.3) is 5.57 Å². The summed E-state index contributed by atoms with van der Waals surface area (Å²) in [7, 11) is 6.38. The van der Waals surface area contributed by atoms with Crippen molar-refractivity contribution in [1.29, 1.82) is 0 Å². The quantitative estimate of drug-likeness (QED) is 0.835. The molecule has 144 valence electrons. The first kappa shape index (κ1) is 19.0. The fourth-order valence-corrected chi connectivity index (χ4v) is 3.78. The predicted molar refractivity (Wildman–Crippen MR) is 105 cm³/mol. The van der Waals surface area contributed by atoms with E-state index in [1.54, 1.807) is 28.4 Å². The molecular formula is C22H26O5. The van der Waals surface area contributed by atoms with Gasteiger partial charge in [0.1, 0.15) is 0 Å². The number of phenolic OH excluding ortho intramolecular Hbond substituents is 1. The van der Waals surface area contributed by atoms with Crippen LogP contribution in [0.2, 0.25) is 0 Å². The number of hydrogen-bond acceptors (Lipinski definition) is 5. The fourth-order valence-electron chi connectivity index (χ4n) is 3.78. The Morgan fingerprint density at radius 1 is 0.815 bits per heavy atom. The summed E-state index contributed by atoms with van der Waals surface area (Å²) in [5.41, 5.74) is 5.23. The first-order valence-corrected chi connectivity index (χ1v) is 8.95. The second-order valence-corrected chi connectivity index (χ2v) is 6.57. The second-order valence-electron chi connectivity index (χ2n) is 6.57. The number of methoxy groups -OCH3 is 4. The van der Waals surface area contributed by atoms with Crippen LogP contribution in [0.5, 0.6) is 28.7 Å². The highest BCUT2D eigenvalue weighted by Crippen LogP contribution is 2.46. The summed E-state index contributed by atoms with van der Waals surface area (Å²) in [6.07, 6.45) is 2.71. The smallest absolute Gasteiger partial charge is 0.203 e. The van der Waals surface area contributed by atoms with Crippen LogP contribution in [-0.4, -0.2) is 33.5 Å². The summed E-state index contributed by atoms with van der Waals surface area (Å²) in [5, 5.41) is 10.7. The third-order valence-corrected chi connectivity index (χ3v) is 5.09.